The number of aryl methyl sites for hydroxylation is 2. The van der Waals surface area contributed by atoms with E-state index in [1.807, 2.05) is 50.2 Å². The second kappa shape index (κ2) is 7.11. The minimum atomic E-state index is 0.353. The molecule has 1 heterocycles. The summed E-state index contributed by atoms with van der Waals surface area (Å²) in [6, 6.07) is 13.5. The molecule has 24 heavy (non-hydrogen) atoms. The largest absolute Gasteiger partial charge is 0.437 e. The Hall–Kier alpha value is -2.24. The Balaban J connectivity index is 1.86. The smallest absolute Gasteiger partial charge is 0.247 e. The normalized spacial score (nSPS) is 10.6. The summed E-state index contributed by atoms with van der Waals surface area (Å²) in [7, 11) is 0. The molecule has 0 fully saturated rings. The summed E-state index contributed by atoms with van der Waals surface area (Å²) < 4.78 is 5.86. The Morgan fingerprint density at radius 2 is 1.67 bits per heavy atom. The van der Waals surface area contributed by atoms with Crippen LogP contribution in [0.1, 0.15) is 11.1 Å². The Morgan fingerprint density at radius 3 is 2.33 bits per heavy atom. The molecule has 2 N–H and O–H groups in total. The lowest BCUT2D eigenvalue weighted by Crippen LogP contribution is -1.99. The summed E-state index contributed by atoms with van der Waals surface area (Å²) in [6.45, 7) is 4.04. The van der Waals surface area contributed by atoms with E-state index in [0.717, 1.165) is 16.0 Å². The maximum atomic E-state index is 6.19. The van der Waals surface area contributed by atoms with E-state index < -0.39 is 0 Å². The monoisotopic (exact) mass is 357 g/mol. The van der Waals surface area contributed by atoms with Crippen LogP contribution in [-0.2, 0) is 0 Å². The topological polar surface area (TPSA) is 61.0 Å². The summed E-state index contributed by atoms with van der Waals surface area (Å²) in [6.07, 6.45) is 1.45. The predicted molar refractivity (Wildman–Crippen MR) is 98.0 cm³/mol. The molecular weight excluding hydrogens is 342 g/mol. The number of nitrogen functional groups attached to an aromatic ring is 1. The molecule has 6 heteroatoms. The third-order valence-corrected chi connectivity index (χ3v) is 4.53. The number of nitrogens with zero attached hydrogens (tertiary/aromatic N) is 2. The van der Waals surface area contributed by atoms with Gasteiger partial charge in [0.15, 0.2) is 0 Å². The lowest BCUT2D eigenvalue weighted by molar-refractivity contribution is 0.461. The van der Waals surface area contributed by atoms with E-state index in [1.54, 1.807) is 0 Å². The standard InChI is InChI=1S/C18H16ClN3OS/c1-11-7-12(2)9-14(8-11)23-17-16(20)18(22-10-21-17)24-15-5-3-13(19)4-6-15/h3-10H,20H2,1-2H3. The van der Waals surface area contributed by atoms with Crippen molar-refractivity contribution in [2.45, 2.75) is 23.8 Å². The van der Waals surface area contributed by atoms with Gasteiger partial charge in [-0.1, -0.05) is 29.4 Å². The van der Waals surface area contributed by atoms with Gasteiger partial charge in [0.25, 0.3) is 0 Å². The average Bonchev–Trinajstić information content (AvgIpc) is 2.52. The minimum absolute atomic E-state index is 0.353. The fourth-order valence-electron chi connectivity index (χ4n) is 2.24. The number of halogens is 1. The highest BCUT2D eigenvalue weighted by Crippen LogP contribution is 2.36. The van der Waals surface area contributed by atoms with Crippen LogP contribution in [0.5, 0.6) is 11.6 Å². The SMILES string of the molecule is Cc1cc(C)cc(Oc2ncnc(Sc3ccc(Cl)cc3)c2N)c1. The highest BCUT2D eigenvalue weighted by molar-refractivity contribution is 7.99. The van der Waals surface area contributed by atoms with E-state index in [4.69, 9.17) is 22.1 Å². The van der Waals surface area contributed by atoms with Crippen LogP contribution in [0, 0.1) is 13.8 Å². The Bertz CT molecular complexity index is 848. The van der Waals surface area contributed by atoms with Crippen LogP contribution < -0.4 is 10.5 Å². The predicted octanol–water partition coefficient (Wildman–Crippen LogP) is 5.27. The molecule has 3 rings (SSSR count). The van der Waals surface area contributed by atoms with E-state index in [-0.39, 0.29) is 0 Å². The number of anilines is 1. The number of aromatic nitrogens is 2. The molecule has 0 amide bonds. The van der Waals surface area contributed by atoms with Crippen molar-refractivity contribution < 1.29 is 4.74 Å². The van der Waals surface area contributed by atoms with Gasteiger partial charge in [-0.3, -0.25) is 0 Å². The zero-order chi connectivity index (χ0) is 17.1. The second-order valence-corrected chi connectivity index (χ2v) is 6.88. The number of hydrogen-bond acceptors (Lipinski definition) is 5. The van der Waals surface area contributed by atoms with Gasteiger partial charge in [0, 0.05) is 9.92 Å². The molecule has 0 spiro atoms. The van der Waals surface area contributed by atoms with Crippen molar-refractivity contribution in [1.82, 2.24) is 9.97 Å². The van der Waals surface area contributed by atoms with Crippen molar-refractivity contribution in [1.29, 1.82) is 0 Å². The highest BCUT2D eigenvalue weighted by Gasteiger charge is 2.12. The molecule has 3 aromatic rings. The molecule has 0 aliphatic carbocycles. The van der Waals surface area contributed by atoms with Gasteiger partial charge >= 0.3 is 0 Å². The fraction of sp³-hybridized carbons (Fsp3) is 0.111. The van der Waals surface area contributed by atoms with Gasteiger partial charge in [0.05, 0.1) is 0 Å². The maximum Gasteiger partial charge on any atom is 0.247 e. The Kier molecular flexibility index (Phi) is 4.92. The third-order valence-electron chi connectivity index (χ3n) is 3.25. The lowest BCUT2D eigenvalue weighted by Gasteiger charge is -2.11. The molecule has 4 nitrogen and oxygen atoms in total. The molecule has 1 aromatic heterocycles. The van der Waals surface area contributed by atoms with Crippen LogP contribution in [0.15, 0.2) is 58.7 Å². The molecule has 0 saturated heterocycles. The van der Waals surface area contributed by atoms with Gasteiger partial charge in [-0.25, -0.2) is 4.98 Å². The number of rotatable bonds is 4. The van der Waals surface area contributed by atoms with E-state index in [0.29, 0.717) is 27.4 Å². The van der Waals surface area contributed by atoms with Gasteiger partial charge in [-0.2, -0.15) is 4.98 Å². The molecule has 0 unspecified atom stereocenters. The zero-order valence-electron chi connectivity index (χ0n) is 13.3. The van der Waals surface area contributed by atoms with E-state index in [2.05, 4.69) is 16.0 Å². The maximum absolute atomic E-state index is 6.19. The first-order chi connectivity index (χ1) is 11.5. The molecule has 122 valence electrons. The molecule has 0 atom stereocenters. The minimum Gasteiger partial charge on any atom is -0.437 e. The van der Waals surface area contributed by atoms with Gasteiger partial charge in [-0.15, -0.1) is 0 Å². The zero-order valence-corrected chi connectivity index (χ0v) is 14.9. The molecule has 0 aliphatic rings. The Labute approximate surface area is 150 Å². The van der Waals surface area contributed by atoms with Gasteiger partial charge in [0.2, 0.25) is 5.88 Å². The second-order valence-electron chi connectivity index (χ2n) is 5.38. The molecule has 0 radical (unpaired) electrons. The summed E-state index contributed by atoms with van der Waals surface area (Å²) in [4.78, 5) is 9.39. The quantitative estimate of drug-likeness (QED) is 0.644. The van der Waals surface area contributed by atoms with Crippen molar-refractivity contribution in [3.05, 3.63) is 64.9 Å². The number of hydrogen-bond donors (Lipinski definition) is 1. The van der Waals surface area contributed by atoms with Crippen molar-refractivity contribution in [3.8, 4) is 11.6 Å². The van der Waals surface area contributed by atoms with E-state index in [1.165, 1.54) is 18.1 Å². The van der Waals surface area contributed by atoms with Crippen molar-refractivity contribution >= 4 is 29.1 Å². The highest BCUT2D eigenvalue weighted by atomic mass is 35.5. The van der Waals surface area contributed by atoms with E-state index >= 15 is 0 Å². The fourth-order valence-corrected chi connectivity index (χ4v) is 3.16. The van der Waals surface area contributed by atoms with Gasteiger partial charge < -0.3 is 10.5 Å². The van der Waals surface area contributed by atoms with Crippen LogP contribution in [0.4, 0.5) is 5.69 Å². The van der Waals surface area contributed by atoms with E-state index in [9.17, 15) is 0 Å². The molecule has 2 aromatic carbocycles. The van der Waals surface area contributed by atoms with Crippen LogP contribution in [-0.4, -0.2) is 9.97 Å². The van der Waals surface area contributed by atoms with Crippen LogP contribution in [0.2, 0.25) is 5.02 Å². The third kappa shape index (κ3) is 3.99. The number of nitrogens with two attached hydrogens (primary N) is 1. The number of ether oxygens (including phenoxy) is 1. The molecule has 0 aliphatic heterocycles. The molecule has 0 bridgehead atoms. The number of benzene rings is 2. The summed E-state index contributed by atoms with van der Waals surface area (Å²) >= 11 is 7.35. The van der Waals surface area contributed by atoms with Crippen LogP contribution in [0.3, 0.4) is 0 Å². The first kappa shape index (κ1) is 16.6. The van der Waals surface area contributed by atoms with Crippen LogP contribution in [0.25, 0.3) is 0 Å². The van der Waals surface area contributed by atoms with Crippen molar-refractivity contribution in [2.24, 2.45) is 0 Å². The Morgan fingerprint density at radius 1 is 1.00 bits per heavy atom. The average molecular weight is 358 g/mol. The summed E-state index contributed by atoms with van der Waals surface area (Å²) in [5.41, 5.74) is 8.84. The lowest BCUT2D eigenvalue weighted by atomic mass is 10.1. The van der Waals surface area contributed by atoms with Gasteiger partial charge in [0.1, 0.15) is 22.8 Å². The summed E-state index contributed by atoms with van der Waals surface area (Å²) in [5, 5.41) is 1.33. The summed E-state index contributed by atoms with van der Waals surface area (Å²) in [5.74, 6) is 1.06. The first-order valence-corrected chi connectivity index (χ1v) is 8.51. The van der Waals surface area contributed by atoms with Crippen molar-refractivity contribution in [3.63, 3.8) is 0 Å². The molecular formula is C18H16ClN3OS. The van der Waals surface area contributed by atoms with Gasteiger partial charge in [-0.05, 0) is 61.4 Å². The molecule has 0 saturated carbocycles. The van der Waals surface area contributed by atoms with Crippen molar-refractivity contribution in [2.75, 3.05) is 5.73 Å². The first-order valence-electron chi connectivity index (χ1n) is 7.31. The van der Waals surface area contributed by atoms with Crippen LogP contribution >= 0.6 is 23.4 Å².